The van der Waals surface area contributed by atoms with Gasteiger partial charge in [-0.2, -0.15) is 0 Å². The highest BCUT2D eigenvalue weighted by Gasteiger charge is 2.29. The van der Waals surface area contributed by atoms with E-state index in [1.165, 1.54) is 12.4 Å². The standard InChI is InChI=1S/C17H21N5O2/c1-24-15-11-22(8-7-14(15)18)16(23)12-9-19-17(20-10-12)21-13-5-3-2-4-6-13/h2-6,9-10,14-15H,7-8,11,18H2,1H3,(H,19,20,21)/t14-,15+/m1/s1. The quantitative estimate of drug-likeness (QED) is 0.882. The molecule has 1 aromatic carbocycles. The van der Waals surface area contributed by atoms with Gasteiger partial charge in [-0.05, 0) is 18.6 Å². The van der Waals surface area contributed by atoms with Crippen molar-refractivity contribution in [1.29, 1.82) is 0 Å². The molecular weight excluding hydrogens is 306 g/mol. The van der Waals surface area contributed by atoms with Crippen LogP contribution >= 0.6 is 0 Å². The number of hydrogen-bond acceptors (Lipinski definition) is 6. The fourth-order valence-electron chi connectivity index (χ4n) is 2.70. The van der Waals surface area contributed by atoms with Gasteiger partial charge in [-0.15, -0.1) is 0 Å². The van der Waals surface area contributed by atoms with Gasteiger partial charge in [0.2, 0.25) is 5.95 Å². The Balaban J connectivity index is 1.66. The van der Waals surface area contributed by atoms with Crippen LogP contribution in [0.15, 0.2) is 42.7 Å². The number of nitrogens with zero attached hydrogens (tertiary/aromatic N) is 3. The fraction of sp³-hybridized carbons (Fsp3) is 0.353. The summed E-state index contributed by atoms with van der Waals surface area (Å²) in [5.41, 5.74) is 7.34. The van der Waals surface area contributed by atoms with Gasteiger partial charge in [0, 0.05) is 44.3 Å². The first kappa shape index (κ1) is 16.4. The highest BCUT2D eigenvalue weighted by atomic mass is 16.5. The number of anilines is 2. The summed E-state index contributed by atoms with van der Waals surface area (Å²) in [6, 6.07) is 9.59. The van der Waals surface area contributed by atoms with E-state index in [-0.39, 0.29) is 18.1 Å². The van der Waals surface area contributed by atoms with Crippen molar-refractivity contribution < 1.29 is 9.53 Å². The first-order valence-electron chi connectivity index (χ1n) is 7.89. The van der Waals surface area contributed by atoms with Gasteiger partial charge in [0.25, 0.3) is 5.91 Å². The third-order valence-corrected chi connectivity index (χ3v) is 4.13. The molecule has 7 heteroatoms. The molecule has 2 aromatic rings. The zero-order chi connectivity index (χ0) is 16.9. The van der Waals surface area contributed by atoms with Crippen LogP contribution in [0.1, 0.15) is 16.8 Å². The molecule has 24 heavy (non-hydrogen) atoms. The Hall–Kier alpha value is -2.51. The van der Waals surface area contributed by atoms with Crippen molar-refractivity contribution >= 4 is 17.5 Å². The third kappa shape index (κ3) is 3.69. The maximum Gasteiger partial charge on any atom is 0.257 e. The molecule has 0 aliphatic carbocycles. The molecule has 1 aromatic heterocycles. The Labute approximate surface area is 140 Å². The molecule has 1 saturated heterocycles. The van der Waals surface area contributed by atoms with E-state index in [1.807, 2.05) is 30.3 Å². The number of hydrogen-bond donors (Lipinski definition) is 2. The Morgan fingerprint density at radius 2 is 2.00 bits per heavy atom. The molecule has 1 aliphatic rings. The summed E-state index contributed by atoms with van der Waals surface area (Å²) in [5, 5.41) is 3.09. The van der Waals surface area contributed by atoms with Crippen molar-refractivity contribution in [2.75, 3.05) is 25.5 Å². The molecule has 0 spiro atoms. The van der Waals surface area contributed by atoms with Gasteiger partial charge in [-0.1, -0.05) is 18.2 Å². The summed E-state index contributed by atoms with van der Waals surface area (Å²) >= 11 is 0. The molecule has 0 unspecified atom stereocenters. The lowest BCUT2D eigenvalue weighted by atomic mass is 10.0. The van der Waals surface area contributed by atoms with Gasteiger partial charge in [0.1, 0.15) is 0 Å². The van der Waals surface area contributed by atoms with Crippen LogP contribution in [0, 0.1) is 0 Å². The van der Waals surface area contributed by atoms with Gasteiger partial charge in [-0.3, -0.25) is 4.79 Å². The summed E-state index contributed by atoms with van der Waals surface area (Å²) in [7, 11) is 1.62. The second-order valence-electron chi connectivity index (χ2n) is 5.76. The van der Waals surface area contributed by atoms with Crippen LogP contribution in [-0.2, 0) is 4.74 Å². The maximum absolute atomic E-state index is 12.6. The highest BCUT2D eigenvalue weighted by Crippen LogP contribution is 2.16. The van der Waals surface area contributed by atoms with E-state index >= 15 is 0 Å². The summed E-state index contributed by atoms with van der Waals surface area (Å²) < 4.78 is 5.35. The molecule has 126 valence electrons. The molecule has 2 atom stereocenters. The maximum atomic E-state index is 12.6. The number of piperidine rings is 1. The number of carbonyl (C=O) groups excluding carboxylic acids is 1. The van der Waals surface area contributed by atoms with Gasteiger partial charge >= 0.3 is 0 Å². The lowest BCUT2D eigenvalue weighted by molar-refractivity contribution is 0.0161. The monoisotopic (exact) mass is 327 g/mol. The van der Waals surface area contributed by atoms with Crippen LogP contribution in [0.4, 0.5) is 11.6 Å². The second-order valence-corrected chi connectivity index (χ2v) is 5.76. The normalized spacial score (nSPS) is 20.7. The zero-order valence-corrected chi connectivity index (χ0v) is 13.6. The average Bonchev–Trinajstić information content (AvgIpc) is 2.63. The Kier molecular flexibility index (Phi) is 5.02. The van der Waals surface area contributed by atoms with Crippen LogP contribution in [0.25, 0.3) is 0 Å². The van der Waals surface area contributed by atoms with Gasteiger partial charge in [0.15, 0.2) is 0 Å². The zero-order valence-electron chi connectivity index (χ0n) is 13.6. The summed E-state index contributed by atoms with van der Waals surface area (Å²) in [6.07, 6.45) is 3.66. The molecule has 3 rings (SSSR count). The average molecular weight is 327 g/mol. The summed E-state index contributed by atoms with van der Waals surface area (Å²) in [4.78, 5) is 22.7. The van der Waals surface area contributed by atoms with E-state index in [0.29, 0.717) is 24.6 Å². The molecule has 1 fully saturated rings. The number of rotatable bonds is 4. The van der Waals surface area contributed by atoms with E-state index in [2.05, 4.69) is 15.3 Å². The smallest absolute Gasteiger partial charge is 0.257 e. The number of likely N-dealkylation sites (tertiary alicyclic amines) is 1. The number of carbonyl (C=O) groups is 1. The Morgan fingerprint density at radius 3 is 2.67 bits per heavy atom. The molecule has 3 N–H and O–H groups in total. The van der Waals surface area contributed by atoms with Crippen LogP contribution in [0.5, 0.6) is 0 Å². The number of para-hydroxylation sites is 1. The minimum absolute atomic E-state index is 0.0345. The predicted octanol–water partition coefficient (Wildman–Crippen LogP) is 1.41. The lowest BCUT2D eigenvalue weighted by Gasteiger charge is -2.35. The van der Waals surface area contributed by atoms with E-state index in [9.17, 15) is 4.79 Å². The number of amides is 1. The molecule has 0 radical (unpaired) electrons. The second kappa shape index (κ2) is 7.37. The van der Waals surface area contributed by atoms with Gasteiger partial charge < -0.3 is 20.7 Å². The predicted molar refractivity (Wildman–Crippen MR) is 91.0 cm³/mol. The Morgan fingerprint density at radius 1 is 1.29 bits per heavy atom. The fourth-order valence-corrected chi connectivity index (χ4v) is 2.70. The Bertz CT molecular complexity index is 677. The number of nitrogens with two attached hydrogens (primary N) is 1. The van der Waals surface area contributed by atoms with Crippen molar-refractivity contribution in [3.05, 3.63) is 48.3 Å². The van der Waals surface area contributed by atoms with Crippen molar-refractivity contribution in [2.24, 2.45) is 5.73 Å². The first-order chi connectivity index (χ1) is 11.7. The SMILES string of the molecule is CO[C@H]1CN(C(=O)c2cnc(Nc3ccccc3)nc2)CC[C@H]1N. The van der Waals surface area contributed by atoms with E-state index in [4.69, 9.17) is 10.5 Å². The van der Waals surface area contributed by atoms with Gasteiger partial charge in [0.05, 0.1) is 11.7 Å². The lowest BCUT2D eigenvalue weighted by Crippen LogP contribution is -2.53. The number of benzene rings is 1. The van der Waals surface area contributed by atoms with E-state index in [0.717, 1.165) is 12.1 Å². The van der Waals surface area contributed by atoms with Crippen LogP contribution in [-0.4, -0.2) is 53.1 Å². The van der Waals surface area contributed by atoms with Crippen molar-refractivity contribution in [3.8, 4) is 0 Å². The molecule has 0 bridgehead atoms. The molecule has 2 heterocycles. The number of ether oxygens (including phenoxy) is 1. The highest BCUT2D eigenvalue weighted by molar-refractivity contribution is 5.93. The number of aromatic nitrogens is 2. The topological polar surface area (TPSA) is 93.4 Å². The van der Waals surface area contributed by atoms with Crippen molar-refractivity contribution in [2.45, 2.75) is 18.6 Å². The van der Waals surface area contributed by atoms with Crippen molar-refractivity contribution in [1.82, 2.24) is 14.9 Å². The van der Waals surface area contributed by atoms with Gasteiger partial charge in [-0.25, -0.2) is 9.97 Å². The first-order valence-corrected chi connectivity index (χ1v) is 7.89. The summed E-state index contributed by atoms with van der Waals surface area (Å²) in [6.45, 7) is 1.10. The molecule has 7 nitrogen and oxygen atoms in total. The van der Waals surface area contributed by atoms with E-state index < -0.39 is 0 Å². The summed E-state index contributed by atoms with van der Waals surface area (Å²) in [5.74, 6) is 0.350. The minimum atomic E-state index is -0.136. The molecular formula is C17H21N5O2. The van der Waals surface area contributed by atoms with Crippen LogP contribution in [0.3, 0.4) is 0 Å². The largest absolute Gasteiger partial charge is 0.378 e. The third-order valence-electron chi connectivity index (χ3n) is 4.13. The molecule has 0 saturated carbocycles. The molecule has 1 amide bonds. The van der Waals surface area contributed by atoms with Crippen LogP contribution in [0.2, 0.25) is 0 Å². The van der Waals surface area contributed by atoms with Crippen molar-refractivity contribution in [3.63, 3.8) is 0 Å². The van der Waals surface area contributed by atoms with Crippen LogP contribution < -0.4 is 11.1 Å². The van der Waals surface area contributed by atoms with E-state index in [1.54, 1.807) is 12.0 Å². The number of nitrogens with one attached hydrogen (secondary N) is 1. The molecule has 1 aliphatic heterocycles. The minimum Gasteiger partial charge on any atom is -0.378 e. The number of methoxy groups -OCH3 is 1.